The number of aromatic hydroxyl groups is 1. The van der Waals surface area contributed by atoms with Crippen molar-refractivity contribution in [3.8, 4) is 17.0 Å². The summed E-state index contributed by atoms with van der Waals surface area (Å²) in [5, 5.41) is 17.0. The van der Waals surface area contributed by atoms with Crippen LogP contribution in [-0.4, -0.2) is 47.1 Å². The number of nitrogens with one attached hydrogen (secondary N) is 2. The quantitative estimate of drug-likeness (QED) is 0.322. The molecule has 7 nitrogen and oxygen atoms in total. The number of phenols is 1. The molecule has 2 aromatic carbocycles. The summed E-state index contributed by atoms with van der Waals surface area (Å²) >= 11 is 5.96. The van der Waals surface area contributed by atoms with Gasteiger partial charge < -0.3 is 26.4 Å². The summed E-state index contributed by atoms with van der Waals surface area (Å²) in [6, 6.07) is 13.5. The third-order valence-electron chi connectivity index (χ3n) is 6.37. The number of rotatable bonds is 8. The normalized spacial score (nSPS) is 15.8. The topological polar surface area (TPSA) is 104 Å². The summed E-state index contributed by atoms with van der Waals surface area (Å²) in [5.41, 5.74) is 8.84. The molecule has 184 valence electrons. The number of pyridine rings is 1. The van der Waals surface area contributed by atoms with Gasteiger partial charge >= 0.3 is 0 Å². The fourth-order valence-corrected chi connectivity index (χ4v) is 4.57. The lowest BCUT2D eigenvalue weighted by Gasteiger charge is -2.19. The van der Waals surface area contributed by atoms with Crippen LogP contribution in [0.4, 0.5) is 21.6 Å². The number of benzene rings is 2. The number of anilines is 3. The highest BCUT2D eigenvalue weighted by Gasteiger charge is 2.21. The molecule has 1 aliphatic heterocycles. The Balaban J connectivity index is 1.48. The summed E-state index contributed by atoms with van der Waals surface area (Å²) in [4.78, 5) is 19.3. The molecule has 0 radical (unpaired) electrons. The fraction of sp³-hybridized carbons (Fsp3) is 0.308. The molecule has 0 saturated carbocycles. The van der Waals surface area contributed by atoms with E-state index in [1.807, 2.05) is 0 Å². The van der Waals surface area contributed by atoms with Crippen molar-refractivity contribution in [2.45, 2.75) is 32.0 Å². The molecule has 9 heteroatoms. The second-order valence-electron chi connectivity index (χ2n) is 8.74. The number of likely N-dealkylation sites (tertiary alicyclic amines) is 1. The number of nitrogens with two attached hydrogens (primary N) is 1. The first-order chi connectivity index (χ1) is 16.9. The Morgan fingerprint density at radius 3 is 2.80 bits per heavy atom. The summed E-state index contributed by atoms with van der Waals surface area (Å²) < 4.78 is 13.4. The van der Waals surface area contributed by atoms with Crippen LogP contribution in [0.25, 0.3) is 11.3 Å². The van der Waals surface area contributed by atoms with Crippen molar-refractivity contribution in [3.63, 3.8) is 0 Å². The summed E-state index contributed by atoms with van der Waals surface area (Å²) in [6.07, 6.45) is 3.22. The molecule has 0 aliphatic carbocycles. The van der Waals surface area contributed by atoms with E-state index in [1.54, 1.807) is 42.5 Å². The molecule has 5 N–H and O–H groups in total. The molecule has 0 spiro atoms. The predicted molar refractivity (Wildman–Crippen MR) is 138 cm³/mol. The van der Waals surface area contributed by atoms with Gasteiger partial charge in [-0.05, 0) is 81.4 Å². The highest BCUT2D eigenvalue weighted by molar-refractivity contribution is 6.30. The van der Waals surface area contributed by atoms with Gasteiger partial charge in [-0.1, -0.05) is 11.6 Å². The standard InChI is InChI=1S/C26H29ClFN5O2/c1-33-12-2-3-19(33)10-11-30-26(35)20-6-8-23(32-25(20)29)21-14-18(5-9-24(21)34)31-22-7-4-17(27)13-16(22)15-28/h4-9,13-14,19,31,34H,2-3,10-12,15H2,1H3,(H2,29,32)(H,30,35). The second-order valence-corrected chi connectivity index (χ2v) is 9.18. The number of halogens is 2. The maximum Gasteiger partial charge on any atom is 0.255 e. The molecule has 1 atom stereocenters. The zero-order valence-corrected chi connectivity index (χ0v) is 20.3. The van der Waals surface area contributed by atoms with E-state index in [0.717, 1.165) is 19.4 Å². The Kier molecular flexibility index (Phi) is 7.73. The van der Waals surface area contributed by atoms with Crippen LogP contribution in [0, 0.1) is 0 Å². The molecule has 35 heavy (non-hydrogen) atoms. The van der Waals surface area contributed by atoms with Gasteiger partial charge in [0.2, 0.25) is 0 Å². The SMILES string of the molecule is CN1CCCC1CCNC(=O)c1ccc(-c2cc(Nc3ccc(Cl)cc3CF)ccc2O)nc1N. The van der Waals surface area contributed by atoms with Crippen LogP contribution >= 0.6 is 11.6 Å². The zero-order chi connectivity index (χ0) is 24.9. The molecule has 1 saturated heterocycles. The van der Waals surface area contributed by atoms with Gasteiger partial charge in [0.05, 0.1) is 11.3 Å². The monoisotopic (exact) mass is 497 g/mol. The van der Waals surface area contributed by atoms with Crippen molar-refractivity contribution in [1.82, 2.24) is 15.2 Å². The molecule has 3 aromatic rings. The molecule has 4 rings (SSSR count). The van der Waals surface area contributed by atoms with Crippen LogP contribution < -0.4 is 16.4 Å². The molecule has 1 fully saturated rings. The van der Waals surface area contributed by atoms with E-state index in [9.17, 15) is 14.3 Å². The number of nitrogens with zero attached hydrogens (tertiary/aromatic N) is 2. The molecule has 1 unspecified atom stereocenters. The first-order valence-corrected chi connectivity index (χ1v) is 11.9. The Morgan fingerprint density at radius 2 is 2.09 bits per heavy atom. The second kappa shape index (κ2) is 10.9. The Hall–Kier alpha value is -3.36. The summed E-state index contributed by atoms with van der Waals surface area (Å²) in [6.45, 7) is 0.985. The van der Waals surface area contributed by atoms with Crippen molar-refractivity contribution in [2.24, 2.45) is 0 Å². The number of nitrogen functional groups attached to an aromatic ring is 1. The zero-order valence-electron chi connectivity index (χ0n) is 19.5. The average molecular weight is 498 g/mol. The number of amides is 1. The van der Waals surface area contributed by atoms with Gasteiger partial charge in [0.25, 0.3) is 5.91 Å². The highest BCUT2D eigenvalue weighted by atomic mass is 35.5. The van der Waals surface area contributed by atoms with Crippen molar-refractivity contribution in [2.75, 3.05) is 31.2 Å². The minimum atomic E-state index is -0.674. The van der Waals surface area contributed by atoms with Gasteiger partial charge in [-0.15, -0.1) is 0 Å². The van der Waals surface area contributed by atoms with Crippen LogP contribution in [0.5, 0.6) is 5.75 Å². The lowest BCUT2D eigenvalue weighted by molar-refractivity contribution is 0.0951. The maximum absolute atomic E-state index is 13.4. The van der Waals surface area contributed by atoms with Gasteiger partial charge in [0, 0.05) is 40.1 Å². The number of hydrogen-bond donors (Lipinski definition) is 4. The molecule has 2 heterocycles. The van der Waals surface area contributed by atoms with Crippen LogP contribution in [0.15, 0.2) is 48.5 Å². The predicted octanol–water partition coefficient (Wildman–Crippen LogP) is 5.12. The van der Waals surface area contributed by atoms with Crippen molar-refractivity contribution < 1.29 is 14.3 Å². The lowest BCUT2D eigenvalue weighted by Crippen LogP contribution is -2.32. The summed E-state index contributed by atoms with van der Waals surface area (Å²) in [5.74, 6) is -0.196. The third-order valence-corrected chi connectivity index (χ3v) is 6.60. The van der Waals surface area contributed by atoms with Crippen molar-refractivity contribution in [3.05, 3.63) is 64.7 Å². The molecular formula is C26H29ClFN5O2. The van der Waals surface area contributed by atoms with Crippen LogP contribution in [-0.2, 0) is 6.67 Å². The molecule has 0 bridgehead atoms. The van der Waals surface area contributed by atoms with E-state index in [1.165, 1.54) is 12.5 Å². The van der Waals surface area contributed by atoms with Gasteiger partial charge in [0.1, 0.15) is 18.2 Å². The van der Waals surface area contributed by atoms with Crippen LogP contribution in [0.3, 0.4) is 0 Å². The average Bonchev–Trinajstić information content (AvgIpc) is 3.25. The van der Waals surface area contributed by atoms with Crippen LogP contribution in [0.1, 0.15) is 35.2 Å². The minimum absolute atomic E-state index is 0.00200. The molecule has 1 aliphatic rings. The number of hydrogen-bond acceptors (Lipinski definition) is 6. The summed E-state index contributed by atoms with van der Waals surface area (Å²) in [7, 11) is 2.11. The highest BCUT2D eigenvalue weighted by Crippen LogP contribution is 2.33. The first kappa shape index (κ1) is 24.8. The van der Waals surface area contributed by atoms with E-state index in [0.29, 0.717) is 45.8 Å². The van der Waals surface area contributed by atoms with E-state index >= 15 is 0 Å². The lowest BCUT2D eigenvalue weighted by atomic mass is 10.1. The Morgan fingerprint density at radius 1 is 1.26 bits per heavy atom. The smallest absolute Gasteiger partial charge is 0.255 e. The van der Waals surface area contributed by atoms with Gasteiger partial charge in [0.15, 0.2) is 0 Å². The Bertz CT molecular complexity index is 1220. The molecule has 1 amide bonds. The first-order valence-electron chi connectivity index (χ1n) is 11.6. The molecular weight excluding hydrogens is 469 g/mol. The van der Waals surface area contributed by atoms with Gasteiger partial charge in [-0.25, -0.2) is 9.37 Å². The van der Waals surface area contributed by atoms with Gasteiger partial charge in [-0.3, -0.25) is 4.79 Å². The maximum atomic E-state index is 13.4. The number of alkyl halides is 1. The van der Waals surface area contributed by atoms with E-state index in [2.05, 4.69) is 27.6 Å². The minimum Gasteiger partial charge on any atom is -0.507 e. The number of carbonyl (C=O) groups is 1. The fourth-order valence-electron chi connectivity index (χ4n) is 4.38. The number of aromatic nitrogens is 1. The molecule has 1 aromatic heterocycles. The van der Waals surface area contributed by atoms with E-state index in [-0.39, 0.29) is 23.0 Å². The van der Waals surface area contributed by atoms with Crippen molar-refractivity contribution >= 4 is 34.7 Å². The van der Waals surface area contributed by atoms with E-state index in [4.69, 9.17) is 17.3 Å². The number of phenolic OH excluding ortho intramolecular Hbond substituents is 1. The van der Waals surface area contributed by atoms with Crippen LogP contribution in [0.2, 0.25) is 5.02 Å². The largest absolute Gasteiger partial charge is 0.507 e. The van der Waals surface area contributed by atoms with E-state index < -0.39 is 6.67 Å². The van der Waals surface area contributed by atoms with Gasteiger partial charge in [-0.2, -0.15) is 0 Å². The third kappa shape index (κ3) is 5.83. The Labute approximate surface area is 209 Å². The number of carbonyl (C=O) groups excluding carboxylic acids is 1. The van der Waals surface area contributed by atoms with Crippen molar-refractivity contribution in [1.29, 1.82) is 0 Å².